The van der Waals surface area contributed by atoms with Crippen LogP contribution >= 0.6 is 22.9 Å². The van der Waals surface area contributed by atoms with Crippen LogP contribution in [0.2, 0.25) is 5.02 Å². The Morgan fingerprint density at radius 1 is 1.39 bits per heavy atom. The zero-order valence-electron chi connectivity index (χ0n) is 8.64. The van der Waals surface area contributed by atoms with Crippen LogP contribution in [-0.2, 0) is 0 Å². The molecule has 0 aliphatic rings. The molecule has 2 heterocycles. The Labute approximate surface area is 109 Å². The van der Waals surface area contributed by atoms with E-state index in [0.29, 0.717) is 16.2 Å². The molecule has 0 fully saturated rings. The summed E-state index contributed by atoms with van der Waals surface area (Å²) in [6.45, 7) is -3.00. The third-order valence-corrected chi connectivity index (χ3v) is 3.05. The van der Waals surface area contributed by atoms with Gasteiger partial charge in [-0.25, -0.2) is 9.97 Å². The number of nitrogens with zero attached hydrogens (tertiary/aromatic N) is 2. The highest BCUT2D eigenvalue weighted by molar-refractivity contribution is 7.16. The van der Waals surface area contributed by atoms with Gasteiger partial charge in [-0.15, -0.1) is 11.3 Å². The van der Waals surface area contributed by atoms with Gasteiger partial charge in [-0.05, 0) is 6.07 Å². The standard InChI is InChI=1S/C10H5ClF2N2O2S/c11-5-1-7(8(14-2-5)17-10(12)13)9-15-3-6(4-16)18-9/h1-4,10H. The highest BCUT2D eigenvalue weighted by atomic mass is 35.5. The maximum absolute atomic E-state index is 12.2. The van der Waals surface area contributed by atoms with Crippen molar-refractivity contribution in [2.75, 3.05) is 0 Å². The molecule has 18 heavy (non-hydrogen) atoms. The van der Waals surface area contributed by atoms with Crippen LogP contribution in [0.15, 0.2) is 18.5 Å². The van der Waals surface area contributed by atoms with Gasteiger partial charge in [0.2, 0.25) is 5.88 Å². The third kappa shape index (κ3) is 2.80. The number of pyridine rings is 1. The molecule has 0 aromatic carbocycles. The zero-order chi connectivity index (χ0) is 13.1. The van der Waals surface area contributed by atoms with Crippen molar-refractivity contribution < 1.29 is 18.3 Å². The van der Waals surface area contributed by atoms with Crippen LogP contribution in [-0.4, -0.2) is 22.9 Å². The number of carbonyl (C=O) groups excluding carboxylic acids is 1. The summed E-state index contributed by atoms with van der Waals surface area (Å²) >= 11 is 6.78. The molecule has 0 bridgehead atoms. The van der Waals surface area contributed by atoms with Crippen molar-refractivity contribution in [3.63, 3.8) is 0 Å². The summed E-state index contributed by atoms with van der Waals surface area (Å²) in [6.07, 6.45) is 3.14. The fourth-order valence-electron chi connectivity index (χ4n) is 1.22. The Balaban J connectivity index is 2.46. The van der Waals surface area contributed by atoms with E-state index in [9.17, 15) is 13.6 Å². The van der Waals surface area contributed by atoms with Crippen LogP contribution < -0.4 is 4.74 Å². The average molecular weight is 291 g/mol. The fraction of sp³-hybridized carbons (Fsp3) is 0.100. The SMILES string of the molecule is O=Cc1cnc(-c2cc(Cl)cnc2OC(F)F)s1. The second-order valence-electron chi connectivity index (χ2n) is 3.07. The van der Waals surface area contributed by atoms with Gasteiger partial charge < -0.3 is 4.74 Å². The molecule has 0 saturated heterocycles. The van der Waals surface area contributed by atoms with Crippen LogP contribution in [0.25, 0.3) is 10.6 Å². The highest BCUT2D eigenvalue weighted by Gasteiger charge is 2.16. The summed E-state index contributed by atoms with van der Waals surface area (Å²) in [6, 6.07) is 1.40. The van der Waals surface area contributed by atoms with Crippen molar-refractivity contribution in [1.82, 2.24) is 9.97 Å². The first kappa shape index (κ1) is 12.8. The number of hydrogen-bond donors (Lipinski definition) is 0. The second kappa shape index (κ2) is 5.36. The lowest BCUT2D eigenvalue weighted by atomic mass is 10.3. The molecule has 0 N–H and O–H groups in total. The molecular weight excluding hydrogens is 286 g/mol. The Morgan fingerprint density at radius 2 is 2.17 bits per heavy atom. The minimum Gasteiger partial charge on any atom is -0.416 e. The lowest BCUT2D eigenvalue weighted by Crippen LogP contribution is -2.04. The Bertz CT molecular complexity index is 577. The molecule has 94 valence electrons. The highest BCUT2D eigenvalue weighted by Crippen LogP contribution is 2.33. The van der Waals surface area contributed by atoms with Crippen molar-refractivity contribution in [1.29, 1.82) is 0 Å². The number of ether oxygens (including phenoxy) is 1. The molecule has 0 radical (unpaired) electrons. The van der Waals surface area contributed by atoms with E-state index >= 15 is 0 Å². The monoisotopic (exact) mass is 290 g/mol. The first-order chi connectivity index (χ1) is 8.60. The van der Waals surface area contributed by atoms with E-state index in [-0.39, 0.29) is 16.5 Å². The fourth-order valence-corrected chi connectivity index (χ4v) is 2.12. The van der Waals surface area contributed by atoms with E-state index in [1.807, 2.05) is 0 Å². The number of hydrogen-bond acceptors (Lipinski definition) is 5. The van der Waals surface area contributed by atoms with Crippen LogP contribution in [0, 0.1) is 0 Å². The normalized spacial score (nSPS) is 10.7. The van der Waals surface area contributed by atoms with E-state index in [4.69, 9.17) is 11.6 Å². The smallest absolute Gasteiger partial charge is 0.388 e. The number of aldehydes is 1. The molecule has 0 atom stereocenters. The Kier molecular flexibility index (Phi) is 3.83. The summed E-state index contributed by atoms with van der Waals surface area (Å²) in [5, 5.41) is 0.595. The van der Waals surface area contributed by atoms with Crippen LogP contribution in [0.5, 0.6) is 5.88 Å². The number of carbonyl (C=O) groups is 1. The summed E-state index contributed by atoms with van der Waals surface area (Å²) in [4.78, 5) is 18.5. The Morgan fingerprint density at radius 3 is 2.78 bits per heavy atom. The van der Waals surface area contributed by atoms with Gasteiger partial charge in [0.15, 0.2) is 6.29 Å². The molecule has 0 aliphatic carbocycles. The first-order valence-corrected chi connectivity index (χ1v) is 5.81. The van der Waals surface area contributed by atoms with E-state index in [1.165, 1.54) is 18.5 Å². The van der Waals surface area contributed by atoms with Crippen molar-refractivity contribution in [3.8, 4) is 16.5 Å². The van der Waals surface area contributed by atoms with Crippen LogP contribution in [0.1, 0.15) is 9.67 Å². The summed E-state index contributed by atoms with van der Waals surface area (Å²) in [7, 11) is 0. The molecule has 4 nitrogen and oxygen atoms in total. The lowest BCUT2D eigenvalue weighted by molar-refractivity contribution is -0.0524. The van der Waals surface area contributed by atoms with Gasteiger partial charge in [-0.1, -0.05) is 11.6 Å². The molecule has 0 unspecified atom stereocenters. The van der Waals surface area contributed by atoms with Gasteiger partial charge in [0.25, 0.3) is 0 Å². The number of aromatic nitrogens is 2. The molecular formula is C10H5ClF2N2O2S. The van der Waals surface area contributed by atoms with E-state index < -0.39 is 6.61 Å². The maximum Gasteiger partial charge on any atom is 0.388 e. The molecule has 8 heteroatoms. The van der Waals surface area contributed by atoms with Crippen LogP contribution in [0.4, 0.5) is 8.78 Å². The van der Waals surface area contributed by atoms with Crippen molar-refractivity contribution in [3.05, 3.63) is 28.4 Å². The van der Waals surface area contributed by atoms with Gasteiger partial charge in [-0.3, -0.25) is 4.79 Å². The lowest BCUT2D eigenvalue weighted by Gasteiger charge is -2.07. The van der Waals surface area contributed by atoms with E-state index in [0.717, 1.165) is 11.3 Å². The minimum atomic E-state index is -3.00. The molecule has 2 rings (SSSR count). The average Bonchev–Trinajstić information content (AvgIpc) is 2.79. The molecule has 0 saturated carbocycles. The van der Waals surface area contributed by atoms with Gasteiger partial charge in [0.05, 0.1) is 15.5 Å². The van der Waals surface area contributed by atoms with Gasteiger partial charge in [0, 0.05) is 12.4 Å². The summed E-state index contributed by atoms with van der Waals surface area (Å²) in [5.74, 6) is -0.277. The second-order valence-corrected chi connectivity index (χ2v) is 4.57. The maximum atomic E-state index is 12.2. The molecule has 0 aliphatic heterocycles. The number of alkyl halides is 2. The molecule has 0 spiro atoms. The predicted molar refractivity (Wildman–Crippen MR) is 62.4 cm³/mol. The number of halogens is 3. The molecule has 0 amide bonds. The van der Waals surface area contributed by atoms with Gasteiger partial charge >= 0.3 is 6.61 Å². The van der Waals surface area contributed by atoms with E-state index in [1.54, 1.807) is 0 Å². The largest absolute Gasteiger partial charge is 0.416 e. The van der Waals surface area contributed by atoms with E-state index in [2.05, 4.69) is 14.7 Å². The predicted octanol–water partition coefficient (Wildman–Crippen LogP) is 3.27. The number of rotatable bonds is 4. The first-order valence-electron chi connectivity index (χ1n) is 4.62. The van der Waals surface area contributed by atoms with Gasteiger partial charge in [0.1, 0.15) is 5.01 Å². The molecule has 2 aromatic heterocycles. The summed E-state index contributed by atoms with van der Waals surface area (Å²) < 4.78 is 28.7. The quantitative estimate of drug-likeness (QED) is 0.811. The van der Waals surface area contributed by atoms with Crippen molar-refractivity contribution in [2.24, 2.45) is 0 Å². The van der Waals surface area contributed by atoms with Gasteiger partial charge in [-0.2, -0.15) is 8.78 Å². The van der Waals surface area contributed by atoms with Crippen molar-refractivity contribution in [2.45, 2.75) is 6.61 Å². The Hall–Kier alpha value is -1.60. The molecule has 2 aromatic rings. The van der Waals surface area contributed by atoms with Crippen LogP contribution in [0.3, 0.4) is 0 Å². The minimum absolute atomic E-state index is 0.223. The third-order valence-electron chi connectivity index (χ3n) is 1.89. The topological polar surface area (TPSA) is 52.1 Å². The summed E-state index contributed by atoms with van der Waals surface area (Å²) in [5.41, 5.74) is 0.223. The zero-order valence-corrected chi connectivity index (χ0v) is 10.2. The van der Waals surface area contributed by atoms with Crippen molar-refractivity contribution >= 4 is 29.2 Å². The number of thiazole rings is 1.